The number of aromatic nitrogens is 1. The second kappa shape index (κ2) is 5.90. The molecule has 1 aromatic heterocycles. The van der Waals surface area contributed by atoms with Crippen molar-refractivity contribution in [2.75, 3.05) is 13.2 Å². The smallest absolute Gasteiger partial charge is 0.344 e. The number of nitrogens with zero attached hydrogens (tertiary/aromatic N) is 1. The van der Waals surface area contributed by atoms with E-state index in [1.807, 2.05) is 6.07 Å². The lowest BCUT2D eigenvalue weighted by atomic mass is 10.2. The Hall–Kier alpha value is -2.50. The fourth-order valence-corrected chi connectivity index (χ4v) is 1.73. The molecule has 1 heterocycles. The number of oxime groups is 1. The SMILES string of the molecule is CCOC(=O)COc1ccc2[nH]cc(/C=N\O)c2c1. The van der Waals surface area contributed by atoms with Crippen LogP contribution in [-0.2, 0) is 9.53 Å². The molecular weight excluding hydrogens is 248 g/mol. The highest BCUT2D eigenvalue weighted by Gasteiger charge is 2.06. The van der Waals surface area contributed by atoms with E-state index in [1.54, 1.807) is 25.3 Å². The van der Waals surface area contributed by atoms with E-state index in [2.05, 4.69) is 10.1 Å². The number of aromatic amines is 1. The number of rotatable bonds is 5. The van der Waals surface area contributed by atoms with Crippen LogP contribution in [0.4, 0.5) is 0 Å². The van der Waals surface area contributed by atoms with Crippen LogP contribution in [0.25, 0.3) is 10.9 Å². The second-order valence-corrected chi connectivity index (χ2v) is 3.79. The number of carbonyl (C=O) groups excluding carboxylic acids is 1. The fourth-order valence-electron chi connectivity index (χ4n) is 1.73. The highest BCUT2D eigenvalue weighted by atomic mass is 16.6. The van der Waals surface area contributed by atoms with Crippen LogP contribution in [0.15, 0.2) is 29.6 Å². The van der Waals surface area contributed by atoms with Crippen molar-refractivity contribution >= 4 is 23.1 Å². The lowest BCUT2D eigenvalue weighted by Gasteiger charge is -2.05. The molecule has 0 fully saturated rings. The zero-order valence-electron chi connectivity index (χ0n) is 10.4. The highest BCUT2D eigenvalue weighted by Crippen LogP contribution is 2.22. The van der Waals surface area contributed by atoms with Crippen molar-refractivity contribution in [3.05, 3.63) is 30.0 Å². The summed E-state index contributed by atoms with van der Waals surface area (Å²) in [6.07, 6.45) is 3.05. The zero-order valence-corrected chi connectivity index (χ0v) is 10.4. The van der Waals surface area contributed by atoms with Gasteiger partial charge in [-0.1, -0.05) is 5.16 Å². The number of carbonyl (C=O) groups is 1. The number of nitrogens with one attached hydrogen (secondary N) is 1. The van der Waals surface area contributed by atoms with Crippen LogP contribution in [0, 0.1) is 0 Å². The first-order valence-corrected chi connectivity index (χ1v) is 5.81. The van der Waals surface area contributed by atoms with Crippen molar-refractivity contribution in [3.63, 3.8) is 0 Å². The summed E-state index contributed by atoms with van der Waals surface area (Å²) >= 11 is 0. The molecule has 0 radical (unpaired) electrons. The summed E-state index contributed by atoms with van der Waals surface area (Å²) < 4.78 is 10.1. The molecule has 0 spiro atoms. The minimum atomic E-state index is -0.409. The Bertz CT molecular complexity index is 604. The molecule has 2 rings (SSSR count). The van der Waals surface area contributed by atoms with E-state index >= 15 is 0 Å². The van der Waals surface area contributed by atoms with Gasteiger partial charge in [0, 0.05) is 22.7 Å². The van der Waals surface area contributed by atoms with Gasteiger partial charge in [-0.3, -0.25) is 0 Å². The molecule has 2 N–H and O–H groups in total. The molecule has 100 valence electrons. The third-order valence-corrected chi connectivity index (χ3v) is 2.54. The molecule has 0 saturated carbocycles. The van der Waals surface area contributed by atoms with Crippen molar-refractivity contribution in [3.8, 4) is 5.75 Å². The Morgan fingerprint density at radius 1 is 1.53 bits per heavy atom. The highest BCUT2D eigenvalue weighted by molar-refractivity contribution is 5.99. The van der Waals surface area contributed by atoms with Gasteiger partial charge in [0.1, 0.15) is 5.75 Å². The summed E-state index contributed by atoms with van der Waals surface area (Å²) in [7, 11) is 0. The first kappa shape index (κ1) is 12.9. The molecule has 0 aliphatic heterocycles. The monoisotopic (exact) mass is 262 g/mol. The van der Waals surface area contributed by atoms with Gasteiger partial charge in [-0.15, -0.1) is 0 Å². The predicted molar refractivity (Wildman–Crippen MR) is 69.8 cm³/mol. The third kappa shape index (κ3) is 3.04. The number of hydrogen-bond donors (Lipinski definition) is 2. The van der Waals surface area contributed by atoms with Gasteiger partial charge in [-0.05, 0) is 25.1 Å². The van der Waals surface area contributed by atoms with Crippen LogP contribution in [0.1, 0.15) is 12.5 Å². The topological polar surface area (TPSA) is 83.9 Å². The quantitative estimate of drug-likeness (QED) is 0.373. The molecule has 1 aromatic carbocycles. The average molecular weight is 262 g/mol. The van der Waals surface area contributed by atoms with Gasteiger partial charge in [0.15, 0.2) is 6.61 Å². The predicted octanol–water partition coefficient (Wildman–Crippen LogP) is 1.92. The minimum Gasteiger partial charge on any atom is -0.482 e. The van der Waals surface area contributed by atoms with Gasteiger partial charge >= 0.3 is 5.97 Å². The maximum atomic E-state index is 11.2. The molecular formula is C13H14N2O4. The van der Waals surface area contributed by atoms with Crippen LogP contribution in [0.5, 0.6) is 5.75 Å². The first-order valence-electron chi connectivity index (χ1n) is 5.81. The number of esters is 1. The molecule has 0 bridgehead atoms. The van der Waals surface area contributed by atoms with E-state index in [9.17, 15) is 4.79 Å². The van der Waals surface area contributed by atoms with Gasteiger partial charge in [0.05, 0.1) is 12.8 Å². The maximum Gasteiger partial charge on any atom is 0.344 e. The van der Waals surface area contributed by atoms with Crippen LogP contribution in [0.3, 0.4) is 0 Å². The average Bonchev–Trinajstić information content (AvgIpc) is 2.80. The van der Waals surface area contributed by atoms with E-state index in [1.165, 1.54) is 6.21 Å². The fraction of sp³-hybridized carbons (Fsp3) is 0.231. The number of H-pyrrole nitrogens is 1. The van der Waals surface area contributed by atoms with Crippen LogP contribution in [0.2, 0.25) is 0 Å². The molecule has 6 heteroatoms. The summed E-state index contributed by atoms with van der Waals surface area (Å²) in [4.78, 5) is 14.2. The molecule has 19 heavy (non-hydrogen) atoms. The van der Waals surface area contributed by atoms with Gasteiger partial charge < -0.3 is 19.7 Å². The molecule has 0 unspecified atom stereocenters. The molecule has 0 atom stereocenters. The Morgan fingerprint density at radius 2 is 2.37 bits per heavy atom. The van der Waals surface area contributed by atoms with Gasteiger partial charge in [0.2, 0.25) is 0 Å². The van der Waals surface area contributed by atoms with Crippen molar-refractivity contribution in [1.82, 2.24) is 4.98 Å². The Balaban J connectivity index is 2.16. The summed E-state index contributed by atoms with van der Waals surface area (Å²) in [6, 6.07) is 5.34. The summed E-state index contributed by atoms with van der Waals surface area (Å²) in [6.45, 7) is 1.94. The number of benzene rings is 1. The lowest BCUT2D eigenvalue weighted by molar-refractivity contribution is -0.145. The van der Waals surface area contributed by atoms with Crippen molar-refractivity contribution in [2.45, 2.75) is 6.92 Å². The second-order valence-electron chi connectivity index (χ2n) is 3.79. The largest absolute Gasteiger partial charge is 0.482 e. The van der Waals surface area contributed by atoms with Crippen LogP contribution in [-0.4, -0.2) is 35.6 Å². The van der Waals surface area contributed by atoms with E-state index < -0.39 is 5.97 Å². The summed E-state index contributed by atoms with van der Waals surface area (Å²) in [5, 5.41) is 12.4. The van der Waals surface area contributed by atoms with Crippen molar-refractivity contribution in [2.24, 2.45) is 5.16 Å². The van der Waals surface area contributed by atoms with Gasteiger partial charge in [-0.2, -0.15) is 0 Å². The molecule has 0 amide bonds. The Kier molecular flexibility index (Phi) is 4.02. The zero-order chi connectivity index (χ0) is 13.7. The third-order valence-electron chi connectivity index (χ3n) is 2.54. The minimum absolute atomic E-state index is 0.132. The van der Waals surface area contributed by atoms with E-state index in [4.69, 9.17) is 14.7 Å². The number of hydrogen-bond acceptors (Lipinski definition) is 5. The first-order chi connectivity index (χ1) is 9.24. The van der Waals surface area contributed by atoms with E-state index in [-0.39, 0.29) is 6.61 Å². The standard InChI is InChI=1S/C13H14N2O4/c1-2-18-13(16)8-19-10-3-4-12-11(5-10)9(6-14-12)7-15-17/h3-7,14,17H,2,8H2,1H3/b15-7-. The normalized spacial score (nSPS) is 11.0. The van der Waals surface area contributed by atoms with Gasteiger partial charge in [-0.25, -0.2) is 4.79 Å². The summed E-state index contributed by atoms with van der Waals surface area (Å²) in [5.41, 5.74) is 1.62. The Morgan fingerprint density at radius 3 is 3.11 bits per heavy atom. The van der Waals surface area contributed by atoms with Crippen LogP contribution >= 0.6 is 0 Å². The maximum absolute atomic E-state index is 11.2. The number of fused-ring (bicyclic) bond motifs is 1. The summed E-state index contributed by atoms with van der Waals surface area (Å²) in [5.74, 6) is 0.140. The molecule has 2 aromatic rings. The van der Waals surface area contributed by atoms with Gasteiger partial charge in [0.25, 0.3) is 0 Å². The van der Waals surface area contributed by atoms with E-state index in [0.29, 0.717) is 12.4 Å². The van der Waals surface area contributed by atoms with Crippen molar-refractivity contribution in [1.29, 1.82) is 0 Å². The van der Waals surface area contributed by atoms with Crippen LogP contribution < -0.4 is 4.74 Å². The molecule has 0 saturated heterocycles. The lowest BCUT2D eigenvalue weighted by Crippen LogP contribution is -2.14. The Labute approximate surface area is 109 Å². The molecule has 6 nitrogen and oxygen atoms in total. The van der Waals surface area contributed by atoms with E-state index in [0.717, 1.165) is 16.5 Å². The molecule has 0 aliphatic carbocycles. The molecule has 0 aliphatic rings. The van der Waals surface area contributed by atoms with Crippen molar-refractivity contribution < 1.29 is 19.5 Å². The number of ether oxygens (including phenoxy) is 2.